The maximum absolute atomic E-state index is 12.1. The predicted molar refractivity (Wildman–Crippen MR) is 84.1 cm³/mol. The van der Waals surface area contributed by atoms with Gasteiger partial charge in [-0.05, 0) is 52.0 Å². The maximum Gasteiger partial charge on any atom is 0.338 e. The number of carbonyl (C=O) groups excluding carboxylic acids is 2. The molecule has 0 fully saturated rings. The number of amides is 1. The molecule has 2 aromatic rings. The van der Waals surface area contributed by atoms with E-state index < -0.39 is 12.1 Å². The first-order valence-electron chi connectivity index (χ1n) is 7.24. The molecular weight excluding hydrogens is 296 g/mol. The highest BCUT2D eigenvalue weighted by Crippen LogP contribution is 2.10. The van der Waals surface area contributed by atoms with Gasteiger partial charge in [0.1, 0.15) is 12.7 Å². The van der Waals surface area contributed by atoms with E-state index in [0.717, 1.165) is 5.69 Å². The van der Waals surface area contributed by atoms with E-state index in [1.165, 1.54) is 6.33 Å². The lowest BCUT2D eigenvalue weighted by atomic mass is 10.1. The van der Waals surface area contributed by atoms with E-state index in [9.17, 15) is 9.59 Å². The number of carbonyl (C=O) groups is 2. The Morgan fingerprint density at radius 3 is 2.39 bits per heavy atom. The molecule has 1 N–H and O–H groups in total. The zero-order chi connectivity index (χ0) is 17.0. The number of ether oxygens (including phenoxy) is 1. The van der Waals surface area contributed by atoms with Crippen molar-refractivity contribution in [3.8, 4) is 5.69 Å². The van der Waals surface area contributed by atoms with Crippen molar-refractivity contribution in [1.82, 2.24) is 20.1 Å². The lowest BCUT2D eigenvalue weighted by Gasteiger charge is -2.23. The van der Waals surface area contributed by atoms with Crippen LogP contribution in [0.3, 0.4) is 0 Å². The first kappa shape index (κ1) is 16.7. The topological polar surface area (TPSA) is 86.1 Å². The lowest BCUT2D eigenvalue weighted by molar-refractivity contribution is -0.130. The summed E-state index contributed by atoms with van der Waals surface area (Å²) in [7, 11) is 0. The van der Waals surface area contributed by atoms with Crippen molar-refractivity contribution < 1.29 is 14.3 Å². The molecule has 1 aromatic carbocycles. The summed E-state index contributed by atoms with van der Waals surface area (Å²) in [5.41, 5.74) is 0.763. The Morgan fingerprint density at radius 1 is 1.22 bits per heavy atom. The quantitative estimate of drug-likeness (QED) is 0.868. The van der Waals surface area contributed by atoms with Gasteiger partial charge in [-0.2, -0.15) is 5.10 Å². The summed E-state index contributed by atoms with van der Waals surface area (Å²) < 4.78 is 6.77. The highest BCUT2D eigenvalue weighted by Gasteiger charge is 2.22. The van der Waals surface area contributed by atoms with Crippen LogP contribution in [0.5, 0.6) is 0 Å². The third kappa shape index (κ3) is 4.64. The van der Waals surface area contributed by atoms with Crippen molar-refractivity contribution in [3.63, 3.8) is 0 Å². The number of hydrogen-bond acceptors (Lipinski definition) is 5. The van der Waals surface area contributed by atoms with Gasteiger partial charge in [0.2, 0.25) is 0 Å². The average molecular weight is 316 g/mol. The summed E-state index contributed by atoms with van der Waals surface area (Å²) in [6.45, 7) is 7.13. The molecule has 1 atom stereocenters. The zero-order valence-electron chi connectivity index (χ0n) is 13.6. The second-order valence-corrected chi connectivity index (χ2v) is 6.17. The number of esters is 1. The van der Waals surface area contributed by atoms with Crippen LogP contribution in [-0.4, -0.2) is 38.3 Å². The summed E-state index contributed by atoms with van der Waals surface area (Å²) in [4.78, 5) is 27.9. The second-order valence-electron chi connectivity index (χ2n) is 6.17. The zero-order valence-corrected chi connectivity index (χ0v) is 13.6. The third-order valence-corrected chi connectivity index (χ3v) is 2.94. The van der Waals surface area contributed by atoms with Crippen molar-refractivity contribution >= 4 is 11.9 Å². The first-order valence-corrected chi connectivity index (χ1v) is 7.24. The summed E-state index contributed by atoms with van der Waals surface area (Å²) in [6, 6.07) is 6.69. The maximum atomic E-state index is 12.1. The minimum absolute atomic E-state index is 0.329. The van der Waals surface area contributed by atoms with Crippen molar-refractivity contribution in [2.75, 3.05) is 0 Å². The fourth-order valence-electron chi connectivity index (χ4n) is 1.85. The van der Waals surface area contributed by atoms with E-state index in [0.29, 0.717) is 5.56 Å². The monoisotopic (exact) mass is 316 g/mol. The Bertz CT molecular complexity index is 672. The van der Waals surface area contributed by atoms with Gasteiger partial charge in [-0.1, -0.05) is 0 Å². The Kier molecular flexibility index (Phi) is 4.78. The standard InChI is InChI=1S/C16H20N4O3/c1-11(14(21)19-16(2,3)4)23-15(22)12-5-7-13(8-6-12)20-10-17-9-18-20/h5-11H,1-4H3,(H,19,21). The van der Waals surface area contributed by atoms with Gasteiger partial charge < -0.3 is 10.1 Å². The molecule has 0 aliphatic heterocycles. The average Bonchev–Trinajstić information content (AvgIpc) is 2.99. The van der Waals surface area contributed by atoms with Gasteiger partial charge in [0, 0.05) is 5.54 Å². The van der Waals surface area contributed by atoms with Crippen LogP contribution in [0, 0.1) is 0 Å². The summed E-state index contributed by atoms with van der Waals surface area (Å²) in [6.07, 6.45) is 2.13. The van der Waals surface area contributed by atoms with Gasteiger partial charge >= 0.3 is 5.97 Å². The van der Waals surface area contributed by atoms with Gasteiger partial charge in [0.25, 0.3) is 5.91 Å². The van der Waals surface area contributed by atoms with Crippen molar-refractivity contribution in [2.24, 2.45) is 0 Å². The molecule has 122 valence electrons. The molecule has 0 saturated carbocycles. The van der Waals surface area contributed by atoms with E-state index in [2.05, 4.69) is 15.4 Å². The van der Waals surface area contributed by atoms with E-state index in [4.69, 9.17) is 4.74 Å². The van der Waals surface area contributed by atoms with E-state index >= 15 is 0 Å². The van der Waals surface area contributed by atoms with Crippen LogP contribution >= 0.6 is 0 Å². The minimum atomic E-state index is -0.864. The largest absolute Gasteiger partial charge is 0.449 e. The molecule has 0 bridgehead atoms. The number of nitrogens with zero attached hydrogens (tertiary/aromatic N) is 3. The Morgan fingerprint density at radius 2 is 1.87 bits per heavy atom. The van der Waals surface area contributed by atoms with E-state index in [-0.39, 0.29) is 11.4 Å². The van der Waals surface area contributed by atoms with E-state index in [1.54, 1.807) is 42.2 Å². The number of nitrogens with one attached hydrogen (secondary N) is 1. The van der Waals surface area contributed by atoms with Gasteiger partial charge in [-0.25, -0.2) is 14.5 Å². The van der Waals surface area contributed by atoms with Gasteiger partial charge in [0.05, 0.1) is 11.3 Å². The molecule has 0 aliphatic carbocycles. The third-order valence-electron chi connectivity index (χ3n) is 2.94. The molecule has 0 saturated heterocycles. The molecule has 1 amide bonds. The van der Waals surface area contributed by atoms with Gasteiger partial charge in [0.15, 0.2) is 6.10 Å². The van der Waals surface area contributed by atoms with Gasteiger partial charge in [-0.3, -0.25) is 4.79 Å². The summed E-state index contributed by atoms with van der Waals surface area (Å²) >= 11 is 0. The number of hydrogen-bond donors (Lipinski definition) is 1. The molecule has 0 radical (unpaired) electrons. The molecule has 1 aromatic heterocycles. The van der Waals surface area contributed by atoms with Crippen molar-refractivity contribution in [1.29, 1.82) is 0 Å². The van der Waals surface area contributed by atoms with Crippen LogP contribution in [0.4, 0.5) is 0 Å². The number of aromatic nitrogens is 3. The molecular formula is C16H20N4O3. The summed E-state index contributed by atoms with van der Waals surface area (Å²) in [5.74, 6) is -0.878. The van der Waals surface area contributed by atoms with Crippen LogP contribution in [0.2, 0.25) is 0 Å². The molecule has 0 aliphatic rings. The minimum Gasteiger partial charge on any atom is -0.449 e. The van der Waals surface area contributed by atoms with Crippen molar-refractivity contribution in [2.45, 2.75) is 39.3 Å². The van der Waals surface area contributed by atoms with Crippen LogP contribution in [0.15, 0.2) is 36.9 Å². The summed E-state index contributed by atoms with van der Waals surface area (Å²) in [5, 5.41) is 6.77. The second kappa shape index (κ2) is 6.60. The first-order chi connectivity index (χ1) is 10.8. The molecule has 1 heterocycles. The van der Waals surface area contributed by atoms with Gasteiger partial charge in [-0.15, -0.1) is 0 Å². The molecule has 7 nitrogen and oxygen atoms in total. The fourth-order valence-corrected chi connectivity index (χ4v) is 1.85. The highest BCUT2D eigenvalue weighted by molar-refractivity contribution is 5.92. The number of benzene rings is 1. The molecule has 23 heavy (non-hydrogen) atoms. The van der Waals surface area contributed by atoms with Crippen LogP contribution in [-0.2, 0) is 9.53 Å². The van der Waals surface area contributed by atoms with Crippen LogP contribution in [0.1, 0.15) is 38.1 Å². The van der Waals surface area contributed by atoms with Crippen molar-refractivity contribution in [3.05, 3.63) is 42.5 Å². The molecule has 2 rings (SSSR count). The number of rotatable bonds is 4. The predicted octanol–water partition coefficient (Wildman–Crippen LogP) is 1.73. The van der Waals surface area contributed by atoms with Crippen LogP contribution in [0.25, 0.3) is 5.69 Å². The normalized spacial score (nSPS) is 12.5. The Hall–Kier alpha value is -2.70. The molecule has 1 unspecified atom stereocenters. The lowest BCUT2D eigenvalue weighted by Crippen LogP contribution is -2.46. The smallest absolute Gasteiger partial charge is 0.338 e. The Labute approximate surface area is 134 Å². The fraction of sp³-hybridized carbons (Fsp3) is 0.375. The SMILES string of the molecule is CC(OC(=O)c1ccc(-n2cncn2)cc1)C(=O)NC(C)(C)C. The molecule has 0 spiro atoms. The Balaban J connectivity index is 1.99. The highest BCUT2D eigenvalue weighted by atomic mass is 16.5. The van der Waals surface area contributed by atoms with Crippen LogP contribution < -0.4 is 5.32 Å². The molecule has 7 heteroatoms. The van der Waals surface area contributed by atoms with E-state index in [1.807, 2.05) is 20.8 Å².